The second kappa shape index (κ2) is 7.97. The van der Waals surface area contributed by atoms with Gasteiger partial charge in [0, 0.05) is 25.2 Å². The fraction of sp³-hybridized carbons (Fsp3) is 0.733. The highest BCUT2D eigenvalue weighted by molar-refractivity contribution is 5.50. The molecule has 0 aliphatic carbocycles. The predicted molar refractivity (Wildman–Crippen MR) is 82.9 cm³/mol. The van der Waals surface area contributed by atoms with Gasteiger partial charge in [-0.05, 0) is 33.6 Å². The largest absolute Gasteiger partial charge is 0.370 e. The molecule has 0 fully saturated rings. The van der Waals surface area contributed by atoms with Gasteiger partial charge in [-0.25, -0.2) is 9.97 Å². The third-order valence-electron chi connectivity index (χ3n) is 3.35. The topological polar surface area (TPSA) is 41.0 Å². The molecule has 0 aromatic carbocycles. The van der Waals surface area contributed by atoms with Crippen LogP contribution in [-0.4, -0.2) is 29.1 Å². The number of nitrogens with zero attached hydrogens (tertiary/aromatic N) is 3. The van der Waals surface area contributed by atoms with Crippen LogP contribution in [0.1, 0.15) is 52.8 Å². The lowest BCUT2D eigenvalue weighted by Crippen LogP contribution is -2.34. The Kier molecular flexibility index (Phi) is 6.60. The van der Waals surface area contributed by atoms with Gasteiger partial charge >= 0.3 is 0 Å². The Hall–Kier alpha value is -1.32. The van der Waals surface area contributed by atoms with Crippen molar-refractivity contribution >= 4 is 11.6 Å². The van der Waals surface area contributed by atoms with Gasteiger partial charge in [0.05, 0.1) is 0 Å². The summed E-state index contributed by atoms with van der Waals surface area (Å²) in [6, 6.07) is 2.58. The Balaban J connectivity index is 2.99. The summed E-state index contributed by atoms with van der Waals surface area (Å²) in [5, 5.41) is 3.28. The summed E-state index contributed by atoms with van der Waals surface area (Å²) in [6.07, 6.45) is 3.53. The first-order valence-corrected chi connectivity index (χ1v) is 7.48. The van der Waals surface area contributed by atoms with Crippen molar-refractivity contribution in [3.05, 3.63) is 11.9 Å². The van der Waals surface area contributed by atoms with Crippen molar-refractivity contribution in [1.29, 1.82) is 0 Å². The summed E-state index contributed by atoms with van der Waals surface area (Å²) in [4.78, 5) is 11.4. The lowest BCUT2D eigenvalue weighted by Gasteiger charge is -2.30. The monoisotopic (exact) mass is 264 g/mol. The van der Waals surface area contributed by atoms with Gasteiger partial charge in [0.15, 0.2) is 0 Å². The van der Waals surface area contributed by atoms with Crippen molar-refractivity contribution in [1.82, 2.24) is 9.97 Å². The van der Waals surface area contributed by atoms with E-state index in [0.29, 0.717) is 6.04 Å². The Morgan fingerprint density at radius 3 is 2.58 bits per heavy atom. The number of aromatic nitrogens is 2. The molecule has 1 aromatic heterocycles. The molecule has 0 saturated heterocycles. The van der Waals surface area contributed by atoms with Gasteiger partial charge in [0.1, 0.15) is 17.5 Å². The third-order valence-corrected chi connectivity index (χ3v) is 3.35. The Morgan fingerprint density at radius 2 is 2.00 bits per heavy atom. The van der Waals surface area contributed by atoms with Crippen molar-refractivity contribution in [3.8, 4) is 0 Å². The number of hydrogen-bond acceptors (Lipinski definition) is 4. The van der Waals surface area contributed by atoms with Crippen LogP contribution in [0.5, 0.6) is 0 Å². The first kappa shape index (κ1) is 15.7. The Morgan fingerprint density at radius 1 is 1.26 bits per heavy atom. The molecule has 1 unspecified atom stereocenters. The molecule has 1 aromatic rings. The van der Waals surface area contributed by atoms with Gasteiger partial charge < -0.3 is 10.2 Å². The zero-order valence-corrected chi connectivity index (χ0v) is 13.0. The molecular weight excluding hydrogens is 236 g/mol. The van der Waals surface area contributed by atoms with Crippen LogP contribution in [0.25, 0.3) is 0 Å². The highest BCUT2D eigenvalue weighted by atomic mass is 15.2. The number of unbranched alkanes of at least 4 members (excludes halogenated alkanes) is 1. The van der Waals surface area contributed by atoms with Crippen molar-refractivity contribution < 1.29 is 0 Å². The molecule has 108 valence electrons. The summed E-state index contributed by atoms with van der Waals surface area (Å²) < 4.78 is 0. The van der Waals surface area contributed by atoms with Crippen LogP contribution >= 0.6 is 0 Å². The van der Waals surface area contributed by atoms with E-state index in [1.165, 1.54) is 12.8 Å². The fourth-order valence-electron chi connectivity index (χ4n) is 2.08. The standard InChI is InChI=1S/C15H28N4/c1-6-9-10-19(12(4)7-2)15-11-14(16-8-3)17-13(5)18-15/h11-12H,6-10H2,1-5H3,(H,16,17,18). The number of nitrogens with one attached hydrogen (secondary N) is 1. The second-order valence-electron chi connectivity index (χ2n) is 4.99. The first-order valence-electron chi connectivity index (χ1n) is 7.48. The van der Waals surface area contributed by atoms with Gasteiger partial charge in [0.25, 0.3) is 0 Å². The van der Waals surface area contributed by atoms with Crippen molar-refractivity contribution in [2.45, 2.75) is 59.9 Å². The normalized spacial score (nSPS) is 12.3. The van der Waals surface area contributed by atoms with E-state index in [4.69, 9.17) is 0 Å². The molecule has 0 bridgehead atoms. The molecule has 1 rings (SSSR count). The molecule has 19 heavy (non-hydrogen) atoms. The summed E-state index contributed by atoms with van der Waals surface area (Å²) in [6.45, 7) is 12.7. The minimum absolute atomic E-state index is 0.510. The van der Waals surface area contributed by atoms with E-state index in [1.807, 2.05) is 6.92 Å². The Bertz CT molecular complexity index is 378. The average molecular weight is 264 g/mol. The molecule has 1 heterocycles. The average Bonchev–Trinajstić information content (AvgIpc) is 2.38. The number of hydrogen-bond donors (Lipinski definition) is 1. The lowest BCUT2D eigenvalue weighted by atomic mass is 10.2. The van der Waals surface area contributed by atoms with Crippen molar-refractivity contribution in [2.24, 2.45) is 0 Å². The highest BCUT2D eigenvalue weighted by Gasteiger charge is 2.15. The van der Waals surface area contributed by atoms with Crippen LogP contribution < -0.4 is 10.2 Å². The molecule has 0 radical (unpaired) electrons. The van der Waals surface area contributed by atoms with Crippen LogP contribution in [0.4, 0.5) is 11.6 Å². The van der Waals surface area contributed by atoms with Crippen molar-refractivity contribution in [2.75, 3.05) is 23.3 Å². The zero-order valence-electron chi connectivity index (χ0n) is 13.0. The molecule has 0 spiro atoms. The van der Waals surface area contributed by atoms with E-state index in [-0.39, 0.29) is 0 Å². The maximum Gasteiger partial charge on any atom is 0.134 e. The van der Waals surface area contributed by atoms with Crippen LogP contribution in [-0.2, 0) is 0 Å². The molecule has 0 amide bonds. The summed E-state index contributed by atoms with van der Waals surface area (Å²) in [5.41, 5.74) is 0. The molecule has 4 heteroatoms. The van der Waals surface area contributed by atoms with Crippen LogP contribution in [0, 0.1) is 6.92 Å². The van der Waals surface area contributed by atoms with Gasteiger partial charge in [-0.15, -0.1) is 0 Å². The van der Waals surface area contributed by atoms with E-state index >= 15 is 0 Å². The second-order valence-corrected chi connectivity index (χ2v) is 4.99. The molecular formula is C15H28N4. The first-order chi connectivity index (χ1) is 9.12. The predicted octanol–water partition coefficient (Wildman–Crippen LogP) is 3.62. The molecule has 0 aliphatic rings. The SMILES string of the molecule is CCCCN(c1cc(NCC)nc(C)n1)C(C)CC. The maximum absolute atomic E-state index is 4.61. The van der Waals surface area contributed by atoms with Crippen molar-refractivity contribution in [3.63, 3.8) is 0 Å². The molecule has 1 atom stereocenters. The van der Waals surface area contributed by atoms with Gasteiger partial charge in [-0.1, -0.05) is 20.3 Å². The van der Waals surface area contributed by atoms with E-state index in [2.05, 4.69) is 53.9 Å². The van der Waals surface area contributed by atoms with E-state index in [1.54, 1.807) is 0 Å². The number of rotatable bonds is 8. The quantitative estimate of drug-likeness (QED) is 0.778. The Labute approximate surface area is 117 Å². The van der Waals surface area contributed by atoms with Crippen LogP contribution in [0.3, 0.4) is 0 Å². The lowest BCUT2D eigenvalue weighted by molar-refractivity contribution is 0.588. The van der Waals surface area contributed by atoms with Gasteiger partial charge in [-0.2, -0.15) is 0 Å². The van der Waals surface area contributed by atoms with Gasteiger partial charge in [0.2, 0.25) is 0 Å². The smallest absolute Gasteiger partial charge is 0.134 e. The third kappa shape index (κ3) is 4.69. The summed E-state index contributed by atoms with van der Waals surface area (Å²) in [7, 11) is 0. The summed E-state index contributed by atoms with van der Waals surface area (Å²) in [5.74, 6) is 2.80. The maximum atomic E-state index is 4.61. The van der Waals surface area contributed by atoms with Gasteiger partial charge in [-0.3, -0.25) is 0 Å². The zero-order chi connectivity index (χ0) is 14.3. The molecule has 1 N–H and O–H groups in total. The molecule has 0 saturated carbocycles. The number of anilines is 2. The minimum Gasteiger partial charge on any atom is -0.370 e. The van der Waals surface area contributed by atoms with Crippen LogP contribution in [0.2, 0.25) is 0 Å². The fourth-order valence-corrected chi connectivity index (χ4v) is 2.08. The van der Waals surface area contributed by atoms with E-state index in [0.717, 1.165) is 37.0 Å². The summed E-state index contributed by atoms with van der Waals surface area (Å²) >= 11 is 0. The van der Waals surface area contributed by atoms with E-state index in [9.17, 15) is 0 Å². The molecule has 4 nitrogen and oxygen atoms in total. The number of aryl methyl sites for hydroxylation is 1. The van der Waals surface area contributed by atoms with E-state index < -0.39 is 0 Å². The molecule has 0 aliphatic heterocycles. The highest BCUT2D eigenvalue weighted by Crippen LogP contribution is 2.20. The minimum atomic E-state index is 0.510. The van der Waals surface area contributed by atoms with Crippen LogP contribution in [0.15, 0.2) is 6.07 Å².